The highest BCUT2D eigenvalue weighted by atomic mass is 127. The Morgan fingerprint density at radius 3 is 2.13 bits per heavy atom. The van der Waals surface area contributed by atoms with Crippen molar-refractivity contribution in [1.82, 2.24) is 4.90 Å². The summed E-state index contributed by atoms with van der Waals surface area (Å²) in [5.41, 5.74) is 1.26. The van der Waals surface area contributed by atoms with Crippen LogP contribution in [0.4, 0.5) is 0 Å². The van der Waals surface area contributed by atoms with Crippen molar-refractivity contribution >= 4 is 0 Å². The van der Waals surface area contributed by atoms with Crippen LogP contribution in [-0.4, -0.2) is 32.1 Å². The second kappa shape index (κ2) is 8.97. The second-order valence-electron chi connectivity index (χ2n) is 3.46. The summed E-state index contributed by atoms with van der Waals surface area (Å²) in [5, 5.41) is 0. The number of benzene rings is 1. The molecule has 15 heavy (non-hydrogen) atoms. The maximum Gasteiger partial charge on any atom is 0.119 e. The topological polar surface area (TPSA) is 12.5 Å². The van der Waals surface area contributed by atoms with Crippen LogP contribution in [0.2, 0.25) is 0 Å². The molecule has 2 nitrogen and oxygen atoms in total. The van der Waals surface area contributed by atoms with Gasteiger partial charge < -0.3 is 33.6 Å². The van der Waals surface area contributed by atoms with Gasteiger partial charge in [0.25, 0.3) is 0 Å². The Kier molecular flexibility index (Phi) is 10.2. The fraction of sp³-hybridized carbons (Fsp3) is 0.500. The van der Waals surface area contributed by atoms with Crippen molar-refractivity contribution in [1.29, 1.82) is 0 Å². The minimum atomic E-state index is 0. The normalized spacial score (nSPS) is 9.07. The van der Waals surface area contributed by atoms with Crippen molar-refractivity contribution in [3.63, 3.8) is 0 Å². The highest BCUT2D eigenvalue weighted by Gasteiger charge is 1.93. The third kappa shape index (κ3) is 7.62. The maximum atomic E-state index is 5.53. The SMILES string of the molecule is C.Cc1ccc(OCCN(C)C)cc1.[I-]. The molecule has 0 amide bonds. The monoisotopic (exact) mass is 322 g/mol. The molecule has 88 valence electrons. The summed E-state index contributed by atoms with van der Waals surface area (Å²) in [6.45, 7) is 3.77. The van der Waals surface area contributed by atoms with Crippen LogP contribution < -0.4 is 28.7 Å². The van der Waals surface area contributed by atoms with Gasteiger partial charge in [0, 0.05) is 6.54 Å². The van der Waals surface area contributed by atoms with Crippen LogP contribution in [-0.2, 0) is 0 Å². The van der Waals surface area contributed by atoms with Gasteiger partial charge in [-0.25, -0.2) is 0 Å². The van der Waals surface area contributed by atoms with Gasteiger partial charge in [-0.3, -0.25) is 0 Å². The molecule has 0 aliphatic rings. The Balaban J connectivity index is 0. The fourth-order valence-electron chi connectivity index (χ4n) is 0.981. The Morgan fingerprint density at radius 1 is 1.13 bits per heavy atom. The Bertz CT molecular complexity index is 246. The van der Waals surface area contributed by atoms with Gasteiger partial charge >= 0.3 is 0 Å². The quantitative estimate of drug-likeness (QED) is 0.698. The van der Waals surface area contributed by atoms with E-state index in [0.717, 1.165) is 18.9 Å². The molecule has 0 atom stereocenters. The molecule has 0 aliphatic carbocycles. The summed E-state index contributed by atoms with van der Waals surface area (Å²) >= 11 is 0. The lowest BCUT2D eigenvalue weighted by atomic mass is 10.2. The first-order valence-electron chi connectivity index (χ1n) is 4.52. The van der Waals surface area contributed by atoms with Crippen LogP contribution in [0.15, 0.2) is 24.3 Å². The van der Waals surface area contributed by atoms with Crippen LogP contribution in [0.25, 0.3) is 0 Å². The van der Waals surface area contributed by atoms with Crippen molar-refractivity contribution in [3.05, 3.63) is 29.8 Å². The molecule has 0 fully saturated rings. The lowest BCUT2D eigenvalue weighted by Gasteiger charge is -2.10. The minimum absolute atomic E-state index is 0. The molecule has 1 rings (SSSR count). The number of likely N-dealkylation sites (N-methyl/N-ethyl adjacent to an activating group) is 1. The predicted octanol–water partition coefficient (Wildman–Crippen LogP) is -0.424. The summed E-state index contributed by atoms with van der Waals surface area (Å²) in [6.07, 6.45) is 0. The van der Waals surface area contributed by atoms with Crippen molar-refractivity contribution in [2.45, 2.75) is 14.4 Å². The van der Waals surface area contributed by atoms with E-state index in [1.165, 1.54) is 5.56 Å². The van der Waals surface area contributed by atoms with E-state index >= 15 is 0 Å². The molecule has 1 aromatic carbocycles. The summed E-state index contributed by atoms with van der Waals surface area (Å²) in [6, 6.07) is 8.13. The van der Waals surface area contributed by atoms with Crippen molar-refractivity contribution < 1.29 is 28.7 Å². The smallest absolute Gasteiger partial charge is 0.119 e. The van der Waals surface area contributed by atoms with E-state index in [1.54, 1.807) is 0 Å². The number of ether oxygens (including phenoxy) is 1. The summed E-state index contributed by atoms with van der Waals surface area (Å²) in [5.74, 6) is 0.951. The first kappa shape index (κ1) is 17.1. The second-order valence-corrected chi connectivity index (χ2v) is 3.46. The van der Waals surface area contributed by atoms with Gasteiger partial charge in [-0.05, 0) is 33.2 Å². The number of nitrogens with zero attached hydrogens (tertiary/aromatic N) is 1. The molecule has 0 heterocycles. The van der Waals surface area contributed by atoms with Crippen LogP contribution >= 0.6 is 0 Å². The zero-order chi connectivity index (χ0) is 9.68. The molecule has 0 saturated carbocycles. The van der Waals surface area contributed by atoms with Crippen molar-refractivity contribution in [2.75, 3.05) is 27.2 Å². The van der Waals surface area contributed by atoms with Gasteiger partial charge in [-0.1, -0.05) is 25.1 Å². The molecule has 3 heteroatoms. The van der Waals surface area contributed by atoms with E-state index in [0.29, 0.717) is 0 Å². The first-order valence-corrected chi connectivity index (χ1v) is 4.52. The van der Waals surface area contributed by atoms with Crippen LogP contribution in [0.3, 0.4) is 0 Å². The highest BCUT2D eigenvalue weighted by molar-refractivity contribution is 5.26. The number of aryl methyl sites for hydroxylation is 1. The zero-order valence-corrected chi connectivity index (χ0v) is 11.1. The molecule has 0 aromatic heterocycles. The molecule has 0 unspecified atom stereocenters. The Morgan fingerprint density at radius 2 is 1.67 bits per heavy atom. The van der Waals surface area contributed by atoms with E-state index in [2.05, 4.69) is 24.0 Å². The van der Waals surface area contributed by atoms with Crippen molar-refractivity contribution in [2.24, 2.45) is 0 Å². The molecule has 0 N–H and O–H groups in total. The van der Waals surface area contributed by atoms with E-state index in [-0.39, 0.29) is 31.4 Å². The molecule has 0 spiro atoms. The number of halogens is 1. The van der Waals surface area contributed by atoms with Gasteiger partial charge in [0.15, 0.2) is 0 Å². The van der Waals surface area contributed by atoms with Crippen LogP contribution in [0.1, 0.15) is 13.0 Å². The molecular weight excluding hydrogens is 301 g/mol. The minimum Gasteiger partial charge on any atom is -1.00 e. The zero-order valence-electron chi connectivity index (χ0n) is 8.96. The van der Waals surface area contributed by atoms with Gasteiger partial charge in [0.1, 0.15) is 12.4 Å². The molecule has 0 radical (unpaired) electrons. The number of hydrogen-bond acceptors (Lipinski definition) is 2. The summed E-state index contributed by atoms with van der Waals surface area (Å²) in [7, 11) is 4.08. The molecule has 0 bridgehead atoms. The largest absolute Gasteiger partial charge is 1.00 e. The third-order valence-corrected chi connectivity index (χ3v) is 1.83. The maximum absolute atomic E-state index is 5.53. The lowest BCUT2D eigenvalue weighted by molar-refractivity contribution is -0.00000384. The average Bonchev–Trinajstić information content (AvgIpc) is 2.08. The third-order valence-electron chi connectivity index (χ3n) is 1.83. The van der Waals surface area contributed by atoms with Crippen molar-refractivity contribution in [3.8, 4) is 5.75 Å². The van der Waals surface area contributed by atoms with Gasteiger partial charge in [-0.2, -0.15) is 0 Å². The standard InChI is InChI=1S/C11H17NO.CH4.HI/c1-10-4-6-11(7-5-10)13-9-8-12(2)3;;/h4-7H,8-9H2,1-3H3;1H4;1H/p-1. The van der Waals surface area contributed by atoms with Gasteiger partial charge in [-0.15, -0.1) is 0 Å². The van der Waals surface area contributed by atoms with E-state index in [9.17, 15) is 0 Å². The molecular formula is C12H21INO-. The fourth-order valence-corrected chi connectivity index (χ4v) is 0.981. The summed E-state index contributed by atoms with van der Waals surface area (Å²) in [4.78, 5) is 2.11. The molecule has 0 aliphatic heterocycles. The van der Waals surface area contributed by atoms with E-state index in [4.69, 9.17) is 4.74 Å². The van der Waals surface area contributed by atoms with E-state index in [1.807, 2.05) is 26.2 Å². The average molecular weight is 322 g/mol. The molecule has 1 aromatic rings. The van der Waals surface area contributed by atoms with E-state index < -0.39 is 0 Å². The van der Waals surface area contributed by atoms with Crippen LogP contribution in [0, 0.1) is 6.92 Å². The lowest BCUT2D eigenvalue weighted by Crippen LogP contribution is -3.00. The number of rotatable bonds is 4. The van der Waals surface area contributed by atoms with Crippen LogP contribution in [0.5, 0.6) is 5.75 Å². The Hall–Kier alpha value is -0.290. The Labute approximate surface area is 111 Å². The van der Waals surface area contributed by atoms with Gasteiger partial charge in [0.05, 0.1) is 0 Å². The molecule has 0 saturated heterocycles. The highest BCUT2D eigenvalue weighted by Crippen LogP contribution is 2.10. The predicted molar refractivity (Wildman–Crippen MR) is 62.0 cm³/mol. The van der Waals surface area contributed by atoms with Gasteiger partial charge in [0.2, 0.25) is 0 Å². The number of hydrogen-bond donors (Lipinski definition) is 0. The first-order chi connectivity index (χ1) is 6.18. The summed E-state index contributed by atoms with van der Waals surface area (Å²) < 4.78 is 5.53.